The number of anilines is 1. The minimum absolute atomic E-state index is 0.00804. The van der Waals surface area contributed by atoms with E-state index in [0.29, 0.717) is 55.7 Å². The number of benzene rings is 1. The van der Waals surface area contributed by atoms with Crippen LogP contribution in [0.4, 0.5) is 5.82 Å². The topological polar surface area (TPSA) is 69.6 Å². The van der Waals surface area contributed by atoms with E-state index in [9.17, 15) is 9.59 Å². The molecule has 0 unspecified atom stereocenters. The van der Waals surface area contributed by atoms with Crippen LogP contribution in [0.1, 0.15) is 10.4 Å². The standard InChI is InChI=1S/C19H19Cl2N5O2/c20-14-3-1-13(2-4-14)18(28)25-9-7-24(8-10-25)15-11-26(12-16(15)27)17-5-6-22-19(21)23-17/h1-6,15H,7-12H2/t15-/m1/s1. The number of hydrogen-bond donors (Lipinski definition) is 0. The molecular formula is C19H19Cl2N5O2. The van der Waals surface area contributed by atoms with E-state index in [-0.39, 0.29) is 23.0 Å². The number of hydrogen-bond acceptors (Lipinski definition) is 6. The van der Waals surface area contributed by atoms with Crippen molar-refractivity contribution >= 4 is 40.7 Å². The van der Waals surface area contributed by atoms with E-state index in [2.05, 4.69) is 14.9 Å². The van der Waals surface area contributed by atoms with Crippen LogP contribution in [0.5, 0.6) is 0 Å². The highest BCUT2D eigenvalue weighted by Crippen LogP contribution is 2.21. The summed E-state index contributed by atoms with van der Waals surface area (Å²) in [6, 6.07) is 8.47. The lowest BCUT2D eigenvalue weighted by atomic mass is 10.1. The summed E-state index contributed by atoms with van der Waals surface area (Å²) in [5, 5.41) is 0.776. The largest absolute Gasteiger partial charge is 0.347 e. The molecular weight excluding hydrogens is 401 g/mol. The maximum atomic E-state index is 12.6. The Hall–Kier alpha value is -2.22. The van der Waals surface area contributed by atoms with Gasteiger partial charge in [-0.3, -0.25) is 14.5 Å². The Morgan fingerprint density at radius 2 is 1.75 bits per heavy atom. The van der Waals surface area contributed by atoms with Crippen molar-refractivity contribution in [1.82, 2.24) is 19.8 Å². The summed E-state index contributed by atoms with van der Waals surface area (Å²) in [5.74, 6) is 0.811. The predicted octanol–water partition coefficient (Wildman–Crippen LogP) is 2.00. The Labute approximate surface area is 172 Å². The number of rotatable bonds is 3. The van der Waals surface area contributed by atoms with Crippen molar-refractivity contribution in [2.45, 2.75) is 6.04 Å². The minimum atomic E-state index is -0.193. The van der Waals surface area contributed by atoms with Gasteiger partial charge in [0.1, 0.15) is 5.82 Å². The molecule has 2 aliphatic heterocycles. The number of carbonyl (C=O) groups excluding carboxylic acids is 2. The second-order valence-corrected chi connectivity index (χ2v) is 7.66. The summed E-state index contributed by atoms with van der Waals surface area (Å²) < 4.78 is 0. The molecule has 0 bridgehead atoms. The molecule has 9 heteroatoms. The summed E-state index contributed by atoms with van der Waals surface area (Å²) in [6.07, 6.45) is 1.59. The molecule has 0 aliphatic carbocycles. The smallest absolute Gasteiger partial charge is 0.253 e. The SMILES string of the molecule is O=C1CN(c2ccnc(Cl)n2)C[C@H]1N1CCN(C(=O)c2ccc(Cl)cc2)CC1. The number of piperazine rings is 1. The number of aromatic nitrogens is 2. The molecule has 7 nitrogen and oxygen atoms in total. The van der Waals surface area contributed by atoms with Crippen LogP contribution in [-0.2, 0) is 4.79 Å². The zero-order valence-corrected chi connectivity index (χ0v) is 16.6. The first-order valence-corrected chi connectivity index (χ1v) is 9.82. The summed E-state index contributed by atoms with van der Waals surface area (Å²) >= 11 is 11.8. The molecule has 146 valence electrons. The lowest BCUT2D eigenvalue weighted by Crippen LogP contribution is -2.54. The van der Waals surface area contributed by atoms with E-state index in [1.54, 1.807) is 36.5 Å². The Balaban J connectivity index is 1.36. The first-order valence-electron chi connectivity index (χ1n) is 9.06. The molecule has 1 aromatic heterocycles. The van der Waals surface area contributed by atoms with Crippen molar-refractivity contribution in [2.75, 3.05) is 44.2 Å². The highest BCUT2D eigenvalue weighted by Gasteiger charge is 2.37. The van der Waals surface area contributed by atoms with Gasteiger partial charge in [0.2, 0.25) is 5.28 Å². The third kappa shape index (κ3) is 3.97. The van der Waals surface area contributed by atoms with Crippen molar-refractivity contribution in [3.05, 3.63) is 52.4 Å². The summed E-state index contributed by atoms with van der Waals surface area (Å²) in [6.45, 7) is 3.37. The van der Waals surface area contributed by atoms with Gasteiger partial charge in [-0.25, -0.2) is 9.97 Å². The van der Waals surface area contributed by atoms with Gasteiger partial charge in [0.25, 0.3) is 5.91 Å². The van der Waals surface area contributed by atoms with Gasteiger partial charge < -0.3 is 9.80 Å². The summed E-state index contributed by atoms with van der Waals surface area (Å²) in [4.78, 5) is 39.2. The fourth-order valence-corrected chi connectivity index (χ4v) is 3.95. The Morgan fingerprint density at radius 1 is 1.04 bits per heavy atom. The molecule has 1 aromatic carbocycles. The molecule has 4 rings (SSSR count). The maximum Gasteiger partial charge on any atom is 0.253 e. The fourth-order valence-electron chi connectivity index (χ4n) is 3.68. The van der Waals surface area contributed by atoms with Crippen LogP contribution in [0.3, 0.4) is 0 Å². The molecule has 2 aromatic rings. The molecule has 2 fully saturated rings. The van der Waals surface area contributed by atoms with Crippen molar-refractivity contribution in [3.8, 4) is 0 Å². The summed E-state index contributed by atoms with van der Waals surface area (Å²) in [7, 11) is 0. The monoisotopic (exact) mass is 419 g/mol. The van der Waals surface area contributed by atoms with Gasteiger partial charge in [-0.2, -0.15) is 0 Å². The maximum absolute atomic E-state index is 12.6. The van der Waals surface area contributed by atoms with Crippen molar-refractivity contribution in [2.24, 2.45) is 0 Å². The normalized spacial score (nSPS) is 20.6. The lowest BCUT2D eigenvalue weighted by Gasteiger charge is -2.37. The third-order valence-corrected chi connectivity index (χ3v) is 5.61. The van der Waals surface area contributed by atoms with Crippen LogP contribution in [0, 0.1) is 0 Å². The Morgan fingerprint density at radius 3 is 2.43 bits per heavy atom. The predicted molar refractivity (Wildman–Crippen MR) is 107 cm³/mol. The van der Waals surface area contributed by atoms with E-state index in [4.69, 9.17) is 23.2 Å². The number of halogens is 2. The molecule has 1 amide bonds. The molecule has 3 heterocycles. The lowest BCUT2D eigenvalue weighted by molar-refractivity contribution is -0.121. The highest BCUT2D eigenvalue weighted by molar-refractivity contribution is 6.30. The first kappa shape index (κ1) is 19.1. The van der Waals surface area contributed by atoms with Gasteiger partial charge in [0.15, 0.2) is 5.78 Å². The second kappa shape index (κ2) is 8.03. The molecule has 0 radical (unpaired) electrons. The van der Waals surface area contributed by atoms with Gasteiger partial charge in [-0.15, -0.1) is 0 Å². The Kier molecular flexibility index (Phi) is 5.48. The van der Waals surface area contributed by atoms with Crippen LogP contribution in [0.15, 0.2) is 36.5 Å². The van der Waals surface area contributed by atoms with Crippen molar-refractivity contribution in [1.29, 1.82) is 0 Å². The average molecular weight is 420 g/mol. The van der Waals surface area contributed by atoms with Gasteiger partial charge >= 0.3 is 0 Å². The van der Waals surface area contributed by atoms with Crippen LogP contribution in [-0.4, -0.2) is 76.8 Å². The molecule has 1 atom stereocenters. The third-order valence-electron chi connectivity index (χ3n) is 5.18. The van der Waals surface area contributed by atoms with E-state index in [1.807, 2.05) is 9.80 Å². The number of Topliss-reactive ketones (excluding diaryl/α,β-unsaturated/α-hetero) is 1. The van der Waals surface area contributed by atoms with Crippen LogP contribution in [0.2, 0.25) is 10.3 Å². The molecule has 0 saturated carbocycles. The Bertz CT molecular complexity index is 884. The minimum Gasteiger partial charge on any atom is -0.347 e. The molecule has 28 heavy (non-hydrogen) atoms. The quantitative estimate of drug-likeness (QED) is 0.708. The van der Waals surface area contributed by atoms with Crippen LogP contribution in [0.25, 0.3) is 0 Å². The van der Waals surface area contributed by atoms with Gasteiger partial charge in [-0.1, -0.05) is 11.6 Å². The first-order chi connectivity index (χ1) is 13.5. The van der Waals surface area contributed by atoms with Crippen molar-refractivity contribution in [3.63, 3.8) is 0 Å². The van der Waals surface area contributed by atoms with Gasteiger partial charge in [0, 0.05) is 49.5 Å². The molecule has 2 saturated heterocycles. The van der Waals surface area contributed by atoms with Crippen LogP contribution < -0.4 is 4.90 Å². The van der Waals surface area contributed by atoms with E-state index in [0.717, 1.165) is 0 Å². The second-order valence-electron chi connectivity index (χ2n) is 6.88. The number of ketones is 1. The average Bonchev–Trinajstić information content (AvgIpc) is 3.10. The number of carbonyl (C=O) groups is 2. The zero-order valence-electron chi connectivity index (χ0n) is 15.1. The number of nitrogens with zero attached hydrogens (tertiary/aromatic N) is 5. The summed E-state index contributed by atoms with van der Waals surface area (Å²) in [5.41, 5.74) is 0.626. The van der Waals surface area contributed by atoms with Gasteiger partial charge in [0.05, 0.1) is 12.6 Å². The van der Waals surface area contributed by atoms with E-state index < -0.39 is 0 Å². The fraction of sp³-hybridized carbons (Fsp3) is 0.368. The molecule has 0 spiro atoms. The van der Waals surface area contributed by atoms with E-state index >= 15 is 0 Å². The van der Waals surface area contributed by atoms with E-state index in [1.165, 1.54) is 0 Å². The zero-order chi connectivity index (χ0) is 19.7. The van der Waals surface area contributed by atoms with Gasteiger partial charge in [-0.05, 0) is 41.9 Å². The molecule has 0 N–H and O–H groups in total. The molecule has 2 aliphatic rings. The number of amides is 1. The van der Waals surface area contributed by atoms with Crippen LogP contribution >= 0.6 is 23.2 Å². The van der Waals surface area contributed by atoms with Crippen molar-refractivity contribution < 1.29 is 9.59 Å². The highest BCUT2D eigenvalue weighted by atomic mass is 35.5.